The van der Waals surface area contributed by atoms with Gasteiger partial charge in [0, 0.05) is 24.3 Å². The molecule has 6 nitrogen and oxygen atoms in total. The van der Waals surface area contributed by atoms with Crippen molar-refractivity contribution >= 4 is 17.3 Å². The summed E-state index contributed by atoms with van der Waals surface area (Å²) < 4.78 is 16.3. The second-order valence-electron chi connectivity index (χ2n) is 6.80. The van der Waals surface area contributed by atoms with Gasteiger partial charge in [0.1, 0.15) is 5.82 Å². The van der Waals surface area contributed by atoms with Crippen molar-refractivity contribution in [3.05, 3.63) is 71.9 Å². The van der Waals surface area contributed by atoms with E-state index in [0.29, 0.717) is 35.1 Å². The maximum absolute atomic E-state index is 12.5. The third-order valence-corrected chi connectivity index (χ3v) is 5.04. The van der Waals surface area contributed by atoms with E-state index in [4.69, 9.17) is 14.2 Å². The highest BCUT2D eigenvalue weighted by atomic mass is 16.5. The lowest BCUT2D eigenvalue weighted by atomic mass is 10.0. The molecule has 0 fully saturated rings. The van der Waals surface area contributed by atoms with Crippen LogP contribution >= 0.6 is 0 Å². The lowest BCUT2D eigenvalue weighted by Gasteiger charge is -2.14. The van der Waals surface area contributed by atoms with Crippen molar-refractivity contribution in [3.8, 4) is 28.4 Å². The van der Waals surface area contributed by atoms with Gasteiger partial charge in [-0.2, -0.15) is 0 Å². The van der Waals surface area contributed by atoms with E-state index in [1.165, 1.54) is 0 Å². The third kappa shape index (κ3) is 3.59. The number of allylic oxidation sites excluding steroid dienone is 1. The van der Waals surface area contributed by atoms with E-state index < -0.39 is 0 Å². The molecule has 0 atom stereocenters. The summed E-state index contributed by atoms with van der Waals surface area (Å²) in [5, 5.41) is 2.84. The number of hydrogen-bond donors (Lipinski definition) is 1. The minimum atomic E-state index is -0.143. The number of ether oxygens (including phenoxy) is 3. The summed E-state index contributed by atoms with van der Waals surface area (Å²) in [4.78, 5) is 17.0. The molecule has 6 heteroatoms. The van der Waals surface area contributed by atoms with E-state index in [1.54, 1.807) is 27.5 Å². The summed E-state index contributed by atoms with van der Waals surface area (Å²) in [5.41, 5.74) is 4.23. The van der Waals surface area contributed by atoms with Gasteiger partial charge in [0.05, 0.1) is 21.3 Å². The molecule has 0 radical (unpaired) electrons. The molecule has 1 aromatic heterocycles. The molecule has 0 saturated heterocycles. The molecule has 154 valence electrons. The van der Waals surface area contributed by atoms with Gasteiger partial charge >= 0.3 is 0 Å². The Balaban J connectivity index is 0.00000272. The zero-order valence-electron chi connectivity index (χ0n) is 17.1. The van der Waals surface area contributed by atoms with Gasteiger partial charge < -0.3 is 19.5 Å². The van der Waals surface area contributed by atoms with Gasteiger partial charge in [-0.15, -0.1) is 0 Å². The molecular formula is C24H24N2O4. The largest absolute Gasteiger partial charge is 0.493 e. The van der Waals surface area contributed by atoms with Crippen LogP contribution in [0, 0.1) is 0 Å². The fraction of sp³-hybridized carbons (Fsp3) is 0.167. The molecule has 1 amide bonds. The first-order valence-corrected chi connectivity index (χ1v) is 9.50. The Morgan fingerprint density at radius 2 is 1.67 bits per heavy atom. The fourth-order valence-corrected chi connectivity index (χ4v) is 3.51. The summed E-state index contributed by atoms with van der Waals surface area (Å²) in [6, 6.07) is 15.7. The minimum Gasteiger partial charge on any atom is -0.493 e. The van der Waals surface area contributed by atoms with Crippen LogP contribution in [0.5, 0.6) is 17.2 Å². The van der Waals surface area contributed by atoms with Crippen LogP contribution < -0.4 is 19.5 Å². The normalized spacial score (nSPS) is 13.7. The molecule has 0 unspecified atom stereocenters. The fourth-order valence-electron chi connectivity index (χ4n) is 3.51. The van der Waals surface area contributed by atoms with Gasteiger partial charge in [-0.25, -0.2) is 4.98 Å². The molecule has 0 saturated carbocycles. The molecular weight excluding hydrogens is 380 g/mol. The molecule has 0 aliphatic carbocycles. The molecule has 1 N–H and O–H groups in total. The van der Waals surface area contributed by atoms with E-state index in [0.717, 1.165) is 22.3 Å². The zero-order valence-corrected chi connectivity index (χ0v) is 17.1. The first kappa shape index (κ1) is 19.5. The molecule has 4 rings (SSSR count). The predicted octanol–water partition coefficient (Wildman–Crippen LogP) is 4.60. The van der Waals surface area contributed by atoms with Gasteiger partial charge in [0.15, 0.2) is 11.5 Å². The summed E-state index contributed by atoms with van der Waals surface area (Å²) in [5.74, 6) is 2.06. The average molecular weight is 404 g/mol. The van der Waals surface area contributed by atoms with Crippen LogP contribution in [0.1, 0.15) is 12.6 Å². The van der Waals surface area contributed by atoms with Gasteiger partial charge in [-0.1, -0.05) is 36.4 Å². The highest BCUT2D eigenvalue weighted by Crippen LogP contribution is 2.42. The Morgan fingerprint density at radius 3 is 2.30 bits per heavy atom. The minimum absolute atomic E-state index is 0. The van der Waals surface area contributed by atoms with Crippen LogP contribution in [0.2, 0.25) is 0 Å². The quantitative estimate of drug-likeness (QED) is 0.608. The van der Waals surface area contributed by atoms with Crippen molar-refractivity contribution in [2.24, 2.45) is 0 Å². The topological polar surface area (TPSA) is 69.7 Å². The van der Waals surface area contributed by atoms with E-state index >= 15 is 0 Å². The van der Waals surface area contributed by atoms with Gasteiger partial charge in [0.25, 0.3) is 5.91 Å². The number of nitrogens with zero attached hydrogens (tertiary/aromatic N) is 1. The van der Waals surface area contributed by atoms with E-state index in [1.807, 2.05) is 54.6 Å². The van der Waals surface area contributed by atoms with E-state index in [-0.39, 0.29) is 7.33 Å². The molecule has 1 aliphatic rings. The predicted molar refractivity (Wildman–Crippen MR) is 118 cm³/mol. The van der Waals surface area contributed by atoms with E-state index in [2.05, 4.69) is 10.3 Å². The molecule has 2 aromatic carbocycles. The second-order valence-corrected chi connectivity index (χ2v) is 6.80. The Morgan fingerprint density at radius 1 is 0.967 bits per heavy atom. The number of carbonyl (C=O) groups is 1. The van der Waals surface area contributed by atoms with Crippen LogP contribution in [0.25, 0.3) is 16.7 Å². The average Bonchev–Trinajstić information content (AvgIpc) is 3.11. The summed E-state index contributed by atoms with van der Waals surface area (Å²) in [6.45, 7) is 0. The number of hydrogen-bond acceptors (Lipinski definition) is 5. The smallest absolute Gasteiger partial charge is 0.257 e. The molecule has 30 heavy (non-hydrogen) atoms. The molecule has 0 bridgehead atoms. The van der Waals surface area contributed by atoms with Crippen LogP contribution in [-0.4, -0.2) is 32.2 Å². The number of pyridine rings is 1. The van der Waals surface area contributed by atoms with Crippen molar-refractivity contribution in [2.45, 2.75) is 6.42 Å². The number of fused-ring (bicyclic) bond motifs is 1. The lowest BCUT2D eigenvalue weighted by Crippen LogP contribution is -2.04. The first-order chi connectivity index (χ1) is 14.6. The second kappa shape index (κ2) is 8.29. The van der Waals surface area contributed by atoms with Gasteiger partial charge in [-0.05, 0) is 35.7 Å². The van der Waals surface area contributed by atoms with Crippen molar-refractivity contribution in [1.29, 1.82) is 0 Å². The number of anilines is 1. The van der Waals surface area contributed by atoms with Crippen LogP contribution in [0.3, 0.4) is 0 Å². The van der Waals surface area contributed by atoms with Crippen LogP contribution in [-0.2, 0) is 11.2 Å². The number of rotatable bonds is 6. The third-order valence-electron chi connectivity index (χ3n) is 5.04. The number of aromatic nitrogens is 1. The number of benzene rings is 2. The summed E-state index contributed by atoms with van der Waals surface area (Å²) in [6.07, 6.45) is 4.33. The Hall–Kier alpha value is -3.80. The molecule has 0 spiro atoms. The summed E-state index contributed by atoms with van der Waals surface area (Å²) >= 11 is 0. The number of nitrogens with one attached hydrogen (secondary N) is 1. The zero-order chi connectivity index (χ0) is 21.1. The molecule has 3 aromatic rings. The maximum atomic E-state index is 12.5. The Labute approximate surface area is 176 Å². The first-order valence-electron chi connectivity index (χ1n) is 9.50. The monoisotopic (exact) mass is 404 g/mol. The van der Waals surface area contributed by atoms with Crippen molar-refractivity contribution in [2.75, 3.05) is 26.6 Å². The van der Waals surface area contributed by atoms with Crippen LogP contribution in [0.4, 0.5) is 5.82 Å². The van der Waals surface area contributed by atoms with Crippen molar-refractivity contribution < 1.29 is 20.4 Å². The van der Waals surface area contributed by atoms with Gasteiger partial charge in [0.2, 0.25) is 5.75 Å². The number of methoxy groups -OCH3 is 3. The SMILES string of the molecule is COc1cc(-c2cnc3c(c2)/C(=C/Cc2ccccc2)C(=O)N3)cc(OC)c1OC.[HH]. The standard InChI is InChI=1S/C24H22N2O4.H2/c1-28-20-12-16(13-21(29-2)22(20)30-3)17-11-19-18(24(27)26-23(19)25-14-17)10-9-15-7-5-4-6-8-15;/h4-8,10-14H,9H2,1-3H3,(H,25,26,27);1H/b18-10-;. The molecule has 2 heterocycles. The number of amides is 1. The Kier molecular flexibility index (Phi) is 5.39. The van der Waals surface area contributed by atoms with Crippen molar-refractivity contribution in [3.63, 3.8) is 0 Å². The van der Waals surface area contributed by atoms with Crippen LogP contribution in [0.15, 0.2) is 60.8 Å². The highest BCUT2D eigenvalue weighted by Gasteiger charge is 2.26. The van der Waals surface area contributed by atoms with E-state index in [9.17, 15) is 4.79 Å². The lowest BCUT2D eigenvalue weighted by molar-refractivity contribution is -0.110. The molecule has 1 aliphatic heterocycles. The maximum Gasteiger partial charge on any atom is 0.257 e. The van der Waals surface area contributed by atoms with Crippen molar-refractivity contribution in [1.82, 2.24) is 4.98 Å². The highest BCUT2D eigenvalue weighted by molar-refractivity contribution is 6.31. The summed E-state index contributed by atoms with van der Waals surface area (Å²) in [7, 11) is 4.72. The van der Waals surface area contributed by atoms with Gasteiger partial charge in [-0.3, -0.25) is 4.79 Å². The Bertz CT molecular complexity index is 1100. The number of carbonyl (C=O) groups excluding carboxylic acids is 1.